The summed E-state index contributed by atoms with van der Waals surface area (Å²) in [5, 5.41) is 0. The molecule has 2 aromatic rings. The maximum Gasteiger partial charge on any atom is 0.410 e. The SMILES string of the molecule is O=C(OCc1ccccc1)N1C2C=C(c3cccnc3Br)CC1CC2. The quantitative estimate of drug-likeness (QED) is 0.697. The third kappa shape index (κ3) is 3.33. The number of fused-ring (bicyclic) bond motifs is 2. The van der Waals surface area contributed by atoms with Crippen LogP contribution in [0.5, 0.6) is 0 Å². The lowest BCUT2D eigenvalue weighted by molar-refractivity contribution is 0.0832. The normalized spacial score (nSPS) is 21.8. The van der Waals surface area contributed by atoms with Crippen molar-refractivity contribution in [3.8, 4) is 0 Å². The first-order valence-corrected chi connectivity index (χ1v) is 9.32. The first-order chi connectivity index (χ1) is 12.2. The number of carbonyl (C=O) groups excluding carboxylic acids is 1. The minimum atomic E-state index is -0.211. The Morgan fingerprint density at radius 2 is 2.04 bits per heavy atom. The van der Waals surface area contributed by atoms with Crippen LogP contribution >= 0.6 is 15.9 Å². The molecule has 3 heterocycles. The van der Waals surface area contributed by atoms with E-state index in [-0.39, 0.29) is 18.2 Å². The third-order valence-corrected chi connectivity index (χ3v) is 5.55. The predicted octanol–water partition coefficient (Wildman–Crippen LogP) is 4.80. The van der Waals surface area contributed by atoms with Crippen LogP contribution in [0, 0.1) is 0 Å². The molecule has 0 saturated carbocycles. The van der Waals surface area contributed by atoms with Gasteiger partial charge in [0.2, 0.25) is 0 Å². The highest BCUT2D eigenvalue weighted by molar-refractivity contribution is 9.10. The number of hydrogen-bond acceptors (Lipinski definition) is 3. The van der Waals surface area contributed by atoms with Crippen LogP contribution in [0.2, 0.25) is 0 Å². The molecule has 2 bridgehead atoms. The standard InChI is InChI=1S/C20H19BrN2O2/c21-19-18(7-4-10-22-19)15-11-16-8-9-17(12-15)23(16)20(24)25-13-14-5-2-1-3-6-14/h1-7,10-11,16-17H,8-9,12-13H2. The second-order valence-corrected chi connectivity index (χ2v) is 7.23. The highest BCUT2D eigenvalue weighted by Gasteiger charge is 2.40. The zero-order chi connectivity index (χ0) is 17.2. The van der Waals surface area contributed by atoms with E-state index in [1.165, 1.54) is 5.57 Å². The van der Waals surface area contributed by atoms with Gasteiger partial charge in [-0.3, -0.25) is 4.90 Å². The van der Waals surface area contributed by atoms with Crippen molar-refractivity contribution in [1.82, 2.24) is 9.88 Å². The Labute approximate surface area is 155 Å². The summed E-state index contributed by atoms with van der Waals surface area (Å²) < 4.78 is 6.41. The fourth-order valence-electron chi connectivity index (χ4n) is 3.73. The number of hydrogen-bond donors (Lipinski definition) is 0. The second-order valence-electron chi connectivity index (χ2n) is 6.48. The smallest absolute Gasteiger partial charge is 0.410 e. The Bertz CT molecular complexity index is 806. The summed E-state index contributed by atoms with van der Waals surface area (Å²) in [7, 11) is 0. The summed E-state index contributed by atoms with van der Waals surface area (Å²) in [6.07, 6.45) is 6.63. The second kappa shape index (κ2) is 7.00. The van der Waals surface area contributed by atoms with Crippen molar-refractivity contribution in [3.63, 3.8) is 0 Å². The zero-order valence-electron chi connectivity index (χ0n) is 13.8. The van der Waals surface area contributed by atoms with Crippen LogP contribution < -0.4 is 0 Å². The molecule has 0 spiro atoms. The van der Waals surface area contributed by atoms with Gasteiger partial charge in [-0.15, -0.1) is 0 Å². The van der Waals surface area contributed by atoms with Crippen molar-refractivity contribution in [2.45, 2.75) is 38.0 Å². The molecule has 0 aliphatic carbocycles. The van der Waals surface area contributed by atoms with Gasteiger partial charge in [0.1, 0.15) is 11.2 Å². The zero-order valence-corrected chi connectivity index (χ0v) is 15.4. The fourth-order valence-corrected chi connectivity index (χ4v) is 4.24. The van der Waals surface area contributed by atoms with Crippen LogP contribution in [0.15, 0.2) is 59.3 Å². The number of aromatic nitrogens is 1. The van der Waals surface area contributed by atoms with E-state index >= 15 is 0 Å². The maximum absolute atomic E-state index is 12.6. The van der Waals surface area contributed by atoms with Gasteiger partial charge in [-0.2, -0.15) is 0 Å². The summed E-state index contributed by atoms with van der Waals surface area (Å²) in [5.74, 6) is 0. The molecule has 2 aliphatic rings. The Balaban J connectivity index is 1.48. The van der Waals surface area contributed by atoms with Gasteiger partial charge in [0, 0.05) is 17.8 Å². The largest absolute Gasteiger partial charge is 0.445 e. The summed E-state index contributed by atoms with van der Waals surface area (Å²) in [6, 6.07) is 14.1. The minimum absolute atomic E-state index is 0.115. The molecule has 5 heteroatoms. The number of carbonyl (C=O) groups is 1. The number of pyridine rings is 1. The molecule has 1 saturated heterocycles. The fraction of sp³-hybridized carbons (Fsp3) is 0.300. The lowest BCUT2D eigenvalue weighted by atomic mass is 9.96. The first-order valence-electron chi connectivity index (χ1n) is 8.53. The van der Waals surface area contributed by atoms with Gasteiger partial charge in [-0.05, 0) is 52.4 Å². The molecule has 4 rings (SSSR count). The van der Waals surface area contributed by atoms with Gasteiger partial charge in [-0.25, -0.2) is 9.78 Å². The van der Waals surface area contributed by atoms with E-state index in [0.717, 1.165) is 35.0 Å². The van der Waals surface area contributed by atoms with Crippen LogP contribution in [0.3, 0.4) is 0 Å². The third-order valence-electron chi connectivity index (χ3n) is 4.92. The molecule has 0 radical (unpaired) electrons. The molecule has 2 aliphatic heterocycles. The molecular weight excluding hydrogens is 380 g/mol. The summed E-state index contributed by atoms with van der Waals surface area (Å²) >= 11 is 3.53. The van der Waals surface area contributed by atoms with Crippen LogP contribution in [0.1, 0.15) is 30.4 Å². The van der Waals surface area contributed by atoms with Crippen molar-refractivity contribution in [2.24, 2.45) is 0 Å². The molecule has 128 valence electrons. The topological polar surface area (TPSA) is 42.4 Å². The molecule has 2 unspecified atom stereocenters. The van der Waals surface area contributed by atoms with Gasteiger partial charge in [0.15, 0.2) is 0 Å². The van der Waals surface area contributed by atoms with Crippen molar-refractivity contribution >= 4 is 27.6 Å². The van der Waals surface area contributed by atoms with E-state index < -0.39 is 0 Å². The number of amides is 1. The molecule has 1 aromatic heterocycles. The summed E-state index contributed by atoms with van der Waals surface area (Å²) in [4.78, 5) is 18.8. The molecule has 1 amide bonds. The van der Waals surface area contributed by atoms with Gasteiger partial charge in [0.25, 0.3) is 0 Å². The van der Waals surface area contributed by atoms with Gasteiger partial charge >= 0.3 is 6.09 Å². The minimum Gasteiger partial charge on any atom is -0.445 e. The van der Waals surface area contributed by atoms with Gasteiger partial charge in [0.05, 0.1) is 6.04 Å². The molecule has 1 aromatic carbocycles. The Hall–Kier alpha value is -2.14. The Morgan fingerprint density at radius 1 is 1.20 bits per heavy atom. The predicted molar refractivity (Wildman–Crippen MR) is 99.8 cm³/mol. The van der Waals surface area contributed by atoms with Gasteiger partial charge in [-0.1, -0.05) is 42.5 Å². The van der Waals surface area contributed by atoms with E-state index in [1.54, 1.807) is 6.20 Å². The van der Waals surface area contributed by atoms with Crippen LogP contribution in [-0.2, 0) is 11.3 Å². The van der Waals surface area contributed by atoms with E-state index in [2.05, 4.69) is 33.1 Å². The summed E-state index contributed by atoms with van der Waals surface area (Å²) in [6.45, 7) is 0.320. The van der Waals surface area contributed by atoms with Gasteiger partial charge < -0.3 is 4.74 Å². The molecule has 0 N–H and O–H groups in total. The highest BCUT2D eigenvalue weighted by Crippen LogP contribution is 2.40. The van der Waals surface area contributed by atoms with E-state index in [9.17, 15) is 4.79 Å². The Morgan fingerprint density at radius 3 is 2.80 bits per heavy atom. The lowest BCUT2D eigenvalue weighted by Gasteiger charge is -2.33. The molecule has 2 atom stereocenters. The maximum atomic E-state index is 12.6. The average Bonchev–Trinajstić information content (AvgIpc) is 2.91. The van der Waals surface area contributed by atoms with Crippen molar-refractivity contribution < 1.29 is 9.53 Å². The molecule has 4 nitrogen and oxygen atoms in total. The molecular formula is C20H19BrN2O2. The van der Waals surface area contributed by atoms with E-state index in [1.807, 2.05) is 41.3 Å². The number of rotatable bonds is 3. The van der Waals surface area contributed by atoms with E-state index in [4.69, 9.17) is 4.74 Å². The van der Waals surface area contributed by atoms with Crippen LogP contribution in [0.25, 0.3) is 5.57 Å². The number of nitrogens with zero attached hydrogens (tertiary/aromatic N) is 2. The monoisotopic (exact) mass is 398 g/mol. The van der Waals surface area contributed by atoms with Crippen LogP contribution in [0.4, 0.5) is 4.79 Å². The van der Waals surface area contributed by atoms with Crippen LogP contribution in [-0.4, -0.2) is 28.1 Å². The van der Waals surface area contributed by atoms with Crippen molar-refractivity contribution in [1.29, 1.82) is 0 Å². The summed E-state index contributed by atoms with van der Waals surface area (Å²) in [5.41, 5.74) is 3.40. The van der Waals surface area contributed by atoms with E-state index in [0.29, 0.717) is 6.61 Å². The van der Waals surface area contributed by atoms with Crippen molar-refractivity contribution in [2.75, 3.05) is 0 Å². The number of ether oxygens (including phenoxy) is 1. The lowest BCUT2D eigenvalue weighted by Crippen LogP contribution is -2.43. The molecule has 25 heavy (non-hydrogen) atoms. The average molecular weight is 399 g/mol. The first kappa shape index (κ1) is 16.3. The Kier molecular flexibility index (Phi) is 4.57. The van der Waals surface area contributed by atoms with Crippen molar-refractivity contribution in [3.05, 3.63) is 70.5 Å². The number of halogens is 1. The molecule has 1 fully saturated rings. The number of benzene rings is 1. The highest BCUT2D eigenvalue weighted by atomic mass is 79.9.